The molecule has 72 valence electrons. The van der Waals surface area contributed by atoms with E-state index in [9.17, 15) is 4.79 Å². The zero-order chi connectivity index (χ0) is 9.54. The lowest BCUT2D eigenvalue weighted by Crippen LogP contribution is -2.11. The minimum Gasteiger partial charge on any atom is -0.299 e. The molecule has 1 heteroatoms. The summed E-state index contributed by atoms with van der Waals surface area (Å²) in [6.45, 7) is 0. The second-order valence-corrected chi connectivity index (χ2v) is 4.47. The topological polar surface area (TPSA) is 17.1 Å². The summed E-state index contributed by atoms with van der Waals surface area (Å²) in [6, 6.07) is 8.42. The molecule has 1 aromatic carbocycles. The van der Waals surface area contributed by atoms with Crippen LogP contribution in [0.25, 0.3) is 0 Å². The fourth-order valence-corrected chi connectivity index (χ4v) is 2.51. The van der Waals surface area contributed by atoms with Crippen LogP contribution in [-0.4, -0.2) is 5.78 Å². The highest BCUT2D eigenvalue weighted by atomic mass is 16.1. The van der Waals surface area contributed by atoms with E-state index in [1.807, 2.05) is 0 Å². The Morgan fingerprint density at radius 2 is 1.93 bits per heavy atom. The summed E-state index contributed by atoms with van der Waals surface area (Å²) in [5.41, 5.74) is 2.70. The number of benzene rings is 1. The molecule has 0 heterocycles. The molecular weight excluding hydrogens is 172 g/mol. The Kier molecular flexibility index (Phi) is 1.73. The maximum Gasteiger partial charge on any atom is 0.143 e. The van der Waals surface area contributed by atoms with E-state index in [0.717, 1.165) is 25.7 Å². The second kappa shape index (κ2) is 2.94. The lowest BCUT2D eigenvalue weighted by atomic mass is 9.94. The maximum absolute atomic E-state index is 12.0. The average molecular weight is 186 g/mol. The van der Waals surface area contributed by atoms with Gasteiger partial charge in [0.1, 0.15) is 5.78 Å². The van der Waals surface area contributed by atoms with Crippen LogP contribution in [0.4, 0.5) is 0 Å². The van der Waals surface area contributed by atoms with E-state index in [4.69, 9.17) is 0 Å². The van der Waals surface area contributed by atoms with Gasteiger partial charge in [0.25, 0.3) is 0 Å². The Bertz CT molecular complexity index is 377. The summed E-state index contributed by atoms with van der Waals surface area (Å²) in [5.74, 6) is 1.15. The molecule has 1 atom stereocenters. The van der Waals surface area contributed by atoms with Crippen molar-refractivity contribution in [2.75, 3.05) is 0 Å². The van der Waals surface area contributed by atoms with Crippen LogP contribution in [0.5, 0.6) is 0 Å². The molecule has 0 N–H and O–H groups in total. The van der Waals surface area contributed by atoms with E-state index < -0.39 is 0 Å². The Morgan fingerprint density at radius 1 is 1.14 bits per heavy atom. The molecule has 1 saturated carbocycles. The number of aryl methyl sites for hydroxylation is 1. The molecule has 3 rings (SSSR count). The van der Waals surface area contributed by atoms with Gasteiger partial charge in [0, 0.05) is 11.8 Å². The van der Waals surface area contributed by atoms with Crippen LogP contribution in [0, 0.1) is 5.92 Å². The van der Waals surface area contributed by atoms with Gasteiger partial charge in [-0.1, -0.05) is 24.3 Å². The second-order valence-electron chi connectivity index (χ2n) is 4.47. The Balaban J connectivity index is 1.93. The molecule has 1 nitrogen and oxygen atoms in total. The minimum absolute atomic E-state index is 0.235. The Labute approximate surface area is 84.1 Å². The lowest BCUT2D eigenvalue weighted by molar-refractivity contribution is -0.121. The number of carbonyl (C=O) groups is 1. The van der Waals surface area contributed by atoms with Gasteiger partial charge in [-0.25, -0.2) is 0 Å². The van der Waals surface area contributed by atoms with Crippen molar-refractivity contribution in [1.82, 2.24) is 0 Å². The van der Waals surface area contributed by atoms with Crippen molar-refractivity contribution < 1.29 is 4.79 Å². The van der Waals surface area contributed by atoms with Gasteiger partial charge in [-0.05, 0) is 36.8 Å². The zero-order valence-electron chi connectivity index (χ0n) is 8.20. The predicted octanol–water partition coefficient (Wildman–Crippen LogP) is 2.70. The SMILES string of the molecule is O=C(C1CC1)C1CCc2ccccc21. The molecule has 1 unspecified atom stereocenters. The fourth-order valence-electron chi connectivity index (χ4n) is 2.51. The number of Topliss-reactive ketones (excluding diaryl/α,β-unsaturated/α-hetero) is 1. The third kappa shape index (κ3) is 1.19. The molecule has 0 spiro atoms. The first-order valence-electron chi connectivity index (χ1n) is 5.48. The van der Waals surface area contributed by atoms with Crippen molar-refractivity contribution >= 4 is 5.78 Å². The summed E-state index contributed by atoms with van der Waals surface area (Å²) in [6.07, 6.45) is 4.42. The van der Waals surface area contributed by atoms with E-state index in [1.54, 1.807) is 0 Å². The van der Waals surface area contributed by atoms with Crippen LogP contribution >= 0.6 is 0 Å². The van der Waals surface area contributed by atoms with Gasteiger partial charge in [-0.2, -0.15) is 0 Å². The molecular formula is C13H14O. The monoisotopic (exact) mass is 186 g/mol. The number of hydrogen-bond acceptors (Lipinski definition) is 1. The smallest absolute Gasteiger partial charge is 0.143 e. The molecule has 14 heavy (non-hydrogen) atoms. The molecule has 1 fully saturated rings. The standard InChI is InChI=1S/C13H14O/c14-13(10-5-6-10)12-8-7-9-3-1-2-4-11(9)12/h1-4,10,12H,5-8H2. The van der Waals surface area contributed by atoms with Gasteiger partial charge < -0.3 is 0 Å². The van der Waals surface area contributed by atoms with E-state index in [0.29, 0.717) is 11.7 Å². The van der Waals surface area contributed by atoms with Crippen molar-refractivity contribution in [2.45, 2.75) is 31.6 Å². The van der Waals surface area contributed by atoms with Crippen molar-refractivity contribution in [3.63, 3.8) is 0 Å². The maximum atomic E-state index is 12.0. The highest BCUT2D eigenvalue weighted by Gasteiger charge is 2.37. The summed E-state index contributed by atoms with van der Waals surface area (Å²) in [5, 5.41) is 0. The van der Waals surface area contributed by atoms with Gasteiger partial charge >= 0.3 is 0 Å². The van der Waals surface area contributed by atoms with Crippen molar-refractivity contribution in [3.8, 4) is 0 Å². The van der Waals surface area contributed by atoms with Gasteiger partial charge in [0.15, 0.2) is 0 Å². The molecule has 0 aromatic heterocycles. The zero-order valence-corrected chi connectivity index (χ0v) is 8.20. The molecule has 2 aliphatic rings. The first-order chi connectivity index (χ1) is 6.86. The van der Waals surface area contributed by atoms with E-state index in [2.05, 4.69) is 24.3 Å². The molecule has 2 aliphatic carbocycles. The first-order valence-corrected chi connectivity index (χ1v) is 5.48. The van der Waals surface area contributed by atoms with E-state index >= 15 is 0 Å². The number of fused-ring (bicyclic) bond motifs is 1. The molecule has 0 aliphatic heterocycles. The highest BCUT2D eigenvalue weighted by Crippen LogP contribution is 2.41. The quantitative estimate of drug-likeness (QED) is 0.694. The van der Waals surface area contributed by atoms with Crippen molar-refractivity contribution in [2.24, 2.45) is 5.92 Å². The van der Waals surface area contributed by atoms with Gasteiger partial charge in [-0.15, -0.1) is 0 Å². The van der Waals surface area contributed by atoms with Gasteiger partial charge in [-0.3, -0.25) is 4.79 Å². The number of ketones is 1. The molecule has 1 aromatic rings. The first kappa shape index (κ1) is 8.22. The number of carbonyl (C=O) groups excluding carboxylic acids is 1. The van der Waals surface area contributed by atoms with Crippen LogP contribution < -0.4 is 0 Å². The Morgan fingerprint density at radius 3 is 2.71 bits per heavy atom. The van der Waals surface area contributed by atoms with Crippen LogP contribution in [0.15, 0.2) is 24.3 Å². The normalized spacial score (nSPS) is 24.7. The molecule has 0 radical (unpaired) electrons. The molecule has 0 bridgehead atoms. The van der Waals surface area contributed by atoms with E-state index in [-0.39, 0.29) is 5.92 Å². The summed E-state index contributed by atoms with van der Waals surface area (Å²) in [7, 11) is 0. The molecule has 0 saturated heterocycles. The summed E-state index contributed by atoms with van der Waals surface area (Å²) >= 11 is 0. The van der Waals surface area contributed by atoms with Crippen molar-refractivity contribution in [3.05, 3.63) is 35.4 Å². The molecule has 0 amide bonds. The van der Waals surface area contributed by atoms with Crippen LogP contribution in [0.1, 0.15) is 36.3 Å². The van der Waals surface area contributed by atoms with Crippen molar-refractivity contribution in [1.29, 1.82) is 0 Å². The number of hydrogen-bond donors (Lipinski definition) is 0. The third-order valence-electron chi connectivity index (χ3n) is 3.46. The van der Waals surface area contributed by atoms with Crippen LogP contribution in [0.2, 0.25) is 0 Å². The average Bonchev–Trinajstić information content (AvgIpc) is 2.97. The highest BCUT2D eigenvalue weighted by molar-refractivity contribution is 5.90. The van der Waals surface area contributed by atoms with Gasteiger partial charge in [0.05, 0.1) is 0 Å². The summed E-state index contributed by atoms with van der Waals surface area (Å²) in [4.78, 5) is 12.0. The van der Waals surface area contributed by atoms with E-state index in [1.165, 1.54) is 11.1 Å². The summed E-state index contributed by atoms with van der Waals surface area (Å²) < 4.78 is 0. The number of rotatable bonds is 2. The largest absolute Gasteiger partial charge is 0.299 e. The minimum atomic E-state index is 0.235. The lowest BCUT2D eigenvalue weighted by Gasteiger charge is -2.08. The third-order valence-corrected chi connectivity index (χ3v) is 3.46. The Hall–Kier alpha value is -1.11. The van der Waals surface area contributed by atoms with Crippen LogP contribution in [0.3, 0.4) is 0 Å². The predicted molar refractivity (Wildman–Crippen MR) is 55.2 cm³/mol. The fraction of sp³-hybridized carbons (Fsp3) is 0.462. The van der Waals surface area contributed by atoms with Gasteiger partial charge in [0.2, 0.25) is 0 Å². The van der Waals surface area contributed by atoms with Crippen LogP contribution in [-0.2, 0) is 11.2 Å².